The largest absolute Gasteiger partial charge is 0.490 e. The fraction of sp³-hybridized carbons (Fsp3) is 0.368. The smallest absolute Gasteiger partial charge is 0.132 e. The second-order valence-corrected chi connectivity index (χ2v) is 5.85. The molecule has 1 fully saturated rings. The predicted molar refractivity (Wildman–Crippen MR) is 89.4 cm³/mol. The summed E-state index contributed by atoms with van der Waals surface area (Å²) in [5.41, 5.74) is 1.31. The van der Waals surface area contributed by atoms with Gasteiger partial charge in [0.1, 0.15) is 11.6 Å². The molecule has 2 aromatic rings. The molecular weight excluding hydrogens is 291 g/mol. The molecule has 0 aliphatic heterocycles. The Labute approximate surface area is 136 Å². The molecule has 1 aromatic carbocycles. The van der Waals surface area contributed by atoms with Gasteiger partial charge < -0.3 is 4.74 Å². The molecule has 3 rings (SSSR count). The summed E-state index contributed by atoms with van der Waals surface area (Å²) in [5, 5.41) is 0. The van der Waals surface area contributed by atoms with Crippen LogP contribution in [0, 0.1) is 5.82 Å². The minimum atomic E-state index is -0.286. The number of aliphatic imine (C=N–C) groups is 1. The average Bonchev–Trinajstić information content (AvgIpc) is 2.59. The van der Waals surface area contributed by atoms with Crippen LogP contribution in [0.25, 0.3) is 0 Å². The predicted octanol–water partition coefficient (Wildman–Crippen LogP) is 4.55. The minimum Gasteiger partial charge on any atom is -0.490 e. The first-order valence-electron chi connectivity index (χ1n) is 8.17. The van der Waals surface area contributed by atoms with Crippen molar-refractivity contribution in [2.45, 2.75) is 44.8 Å². The van der Waals surface area contributed by atoms with E-state index in [-0.39, 0.29) is 11.9 Å². The van der Waals surface area contributed by atoms with Gasteiger partial charge in [0.05, 0.1) is 18.3 Å². The molecule has 3 nitrogen and oxygen atoms in total. The van der Waals surface area contributed by atoms with Gasteiger partial charge in [-0.25, -0.2) is 4.39 Å². The molecule has 0 unspecified atom stereocenters. The van der Waals surface area contributed by atoms with Gasteiger partial charge in [-0.2, -0.15) is 0 Å². The van der Waals surface area contributed by atoms with Crippen molar-refractivity contribution in [1.29, 1.82) is 0 Å². The van der Waals surface area contributed by atoms with Crippen LogP contribution >= 0.6 is 0 Å². The van der Waals surface area contributed by atoms with Gasteiger partial charge >= 0.3 is 0 Å². The first kappa shape index (κ1) is 15.7. The molecule has 1 aromatic heterocycles. The number of pyridine rings is 1. The van der Waals surface area contributed by atoms with E-state index in [2.05, 4.69) is 9.98 Å². The fourth-order valence-electron chi connectivity index (χ4n) is 2.80. The normalized spacial score (nSPS) is 15.9. The Balaban J connectivity index is 1.65. The third-order valence-electron chi connectivity index (χ3n) is 4.03. The van der Waals surface area contributed by atoms with Gasteiger partial charge in [-0.1, -0.05) is 12.5 Å². The summed E-state index contributed by atoms with van der Waals surface area (Å²) >= 11 is 0. The van der Waals surface area contributed by atoms with E-state index in [0.717, 1.165) is 24.3 Å². The van der Waals surface area contributed by atoms with Gasteiger partial charge in [0.2, 0.25) is 0 Å². The highest BCUT2D eigenvalue weighted by Crippen LogP contribution is 2.24. The van der Waals surface area contributed by atoms with Crippen LogP contribution in [-0.2, 0) is 6.54 Å². The second kappa shape index (κ2) is 7.86. The molecule has 1 aliphatic carbocycles. The number of benzene rings is 1. The lowest BCUT2D eigenvalue weighted by atomic mass is 9.98. The SMILES string of the molecule is Fc1ccc(OC2CCCCC2)cc1/C=N/Cc1ccccn1. The number of aromatic nitrogens is 1. The summed E-state index contributed by atoms with van der Waals surface area (Å²) in [6.45, 7) is 0.438. The van der Waals surface area contributed by atoms with Crippen molar-refractivity contribution in [3.05, 3.63) is 59.7 Å². The maximum Gasteiger partial charge on any atom is 0.132 e. The lowest BCUT2D eigenvalue weighted by Gasteiger charge is -2.23. The van der Waals surface area contributed by atoms with E-state index in [1.165, 1.54) is 25.3 Å². The van der Waals surface area contributed by atoms with Crippen LogP contribution in [0.15, 0.2) is 47.6 Å². The summed E-state index contributed by atoms with van der Waals surface area (Å²) < 4.78 is 19.9. The van der Waals surface area contributed by atoms with Crippen molar-refractivity contribution in [2.24, 2.45) is 4.99 Å². The molecule has 0 bridgehead atoms. The maximum atomic E-state index is 13.9. The molecule has 0 amide bonds. The molecule has 0 spiro atoms. The molecule has 120 valence electrons. The Kier molecular flexibility index (Phi) is 5.35. The lowest BCUT2D eigenvalue weighted by Crippen LogP contribution is -2.19. The zero-order valence-corrected chi connectivity index (χ0v) is 13.1. The van der Waals surface area contributed by atoms with Crippen molar-refractivity contribution >= 4 is 6.21 Å². The fourth-order valence-corrected chi connectivity index (χ4v) is 2.80. The van der Waals surface area contributed by atoms with Gasteiger partial charge in [0, 0.05) is 18.0 Å². The quantitative estimate of drug-likeness (QED) is 0.759. The van der Waals surface area contributed by atoms with Crippen LogP contribution in [-0.4, -0.2) is 17.3 Å². The van der Waals surface area contributed by atoms with Crippen molar-refractivity contribution in [3.8, 4) is 5.75 Å². The van der Waals surface area contributed by atoms with Gasteiger partial charge in [0.25, 0.3) is 0 Å². The van der Waals surface area contributed by atoms with Gasteiger partial charge in [-0.3, -0.25) is 9.98 Å². The Morgan fingerprint density at radius 1 is 1.17 bits per heavy atom. The van der Waals surface area contributed by atoms with E-state index in [9.17, 15) is 4.39 Å². The molecule has 1 saturated carbocycles. The molecule has 0 atom stereocenters. The molecule has 0 radical (unpaired) electrons. The highest BCUT2D eigenvalue weighted by molar-refractivity contribution is 5.80. The monoisotopic (exact) mass is 312 g/mol. The number of rotatable bonds is 5. The van der Waals surface area contributed by atoms with E-state index in [0.29, 0.717) is 12.1 Å². The Morgan fingerprint density at radius 2 is 2.04 bits per heavy atom. The van der Waals surface area contributed by atoms with Crippen molar-refractivity contribution in [3.63, 3.8) is 0 Å². The van der Waals surface area contributed by atoms with Crippen LogP contribution in [0.1, 0.15) is 43.4 Å². The number of ether oxygens (including phenoxy) is 1. The lowest BCUT2D eigenvalue weighted by molar-refractivity contribution is 0.155. The van der Waals surface area contributed by atoms with Crippen LogP contribution in [0.2, 0.25) is 0 Å². The number of hydrogen-bond acceptors (Lipinski definition) is 3. The van der Waals surface area contributed by atoms with E-state index in [1.54, 1.807) is 24.5 Å². The zero-order chi connectivity index (χ0) is 15.9. The summed E-state index contributed by atoms with van der Waals surface area (Å²) in [4.78, 5) is 8.47. The Hall–Kier alpha value is -2.23. The van der Waals surface area contributed by atoms with E-state index in [1.807, 2.05) is 18.2 Å². The first-order chi connectivity index (χ1) is 11.3. The first-order valence-corrected chi connectivity index (χ1v) is 8.17. The van der Waals surface area contributed by atoms with Crippen molar-refractivity contribution in [2.75, 3.05) is 0 Å². The van der Waals surface area contributed by atoms with Crippen molar-refractivity contribution in [1.82, 2.24) is 4.98 Å². The molecule has 23 heavy (non-hydrogen) atoms. The molecule has 1 aliphatic rings. The third kappa shape index (κ3) is 4.62. The Morgan fingerprint density at radius 3 is 2.83 bits per heavy atom. The molecule has 4 heteroatoms. The van der Waals surface area contributed by atoms with Crippen LogP contribution < -0.4 is 4.74 Å². The second-order valence-electron chi connectivity index (χ2n) is 5.85. The summed E-state index contributed by atoms with van der Waals surface area (Å²) in [6, 6.07) is 10.5. The van der Waals surface area contributed by atoms with Gasteiger partial charge in [-0.15, -0.1) is 0 Å². The van der Waals surface area contributed by atoms with E-state index >= 15 is 0 Å². The van der Waals surface area contributed by atoms with Crippen LogP contribution in [0.5, 0.6) is 5.75 Å². The van der Waals surface area contributed by atoms with Crippen molar-refractivity contribution < 1.29 is 9.13 Å². The topological polar surface area (TPSA) is 34.5 Å². The molecule has 0 saturated heterocycles. The third-order valence-corrected chi connectivity index (χ3v) is 4.03. The van der Waals surface area contributed by atoms with Crippen LogP contribution in [0.4, 0.5) is 4.39 Å². The summed E-state index contributed by atoms with van der Waals surface area (Å²) in [7, 11) is 0. The van der Waals surface area contributed by atoms with E-state index in [4.69, 9.17) is 4.74 Å². The average molecular weight is 312 g/mol. The van der Waals surface area contributed by atoms with E-state index < -0.39 is 0 Å². The molecule has 0 N–H and O–H groups in total. The maximum absolute atomic E-state index is 13.9. The molecule has 1 heterocycles. The highest BCUT2D eigenvalue weighted by atomic mass is 19.1. The molecular formula is C19H21FN2O. The standard InChI is InChI=1S/C19H21FN2O/c20-19-10-9-18(23-17-7-2-1-3-8-17)12-15(19)13-21-14-16-6-4-5-11-22-16/h4-6,9-13,17H,1-3,7-8,14H2/b21-13+. The Bertz CT molecular complexity index is 652. The minimum absolute atomic E-state index is 0.257. The van der Waals surface area contributed by atoms with Gasteiger partial charge in [-0.05, 0) is 56.0 Å². The zero-order valence-electron chi connectivity index (χ0n) is 13.1. The summed E-state index contributed by atoms with van der Waals surface area (Å²) in [5.74, 6) is 0.434. The highest BCUT2D eigenvalue weighted by Gasteiger charge is 2.15. The van der Waals surface area contributed by atoms with Gasteiger partial charge in [0.15, 0.2) is 0 Å². The number of nitrogens with zero attached hydrogens (tertiary/aromatic N) is 2. The van der Waals surface area contributed by atoms with Crippen LogP contribution in [0.3, 0.4) is 0 Å². The summed E-state index contributed by atoms with van der Waals surface area (Å²) in [6.07, 6.45) is 9.42. The number of hydrogen-bond donors (Lipinski definition) is 0. The number of halogens is 1.